The van der Waals surface area contributed by atoms with E-state index in [0.717, 1.165) is 24.3 Å². The third-order valence-corrected chi connectivity index (χ3v) is 3.06. The molecular formula is C11H22Br2N2. The average molecular weight is 342 g/mol. The number of rotatable bonds is 6. The second kappa shape index (κ2) is 9.64. The number of halogens is 2. The van der Waals surface area contributed by atoms with Gasteiger partial charge in [-0.2, -0.15) is 0 Å². The molecule has 0 spiro atoms. The minimum Gasteiger partial charge on any atom is -0.373 e. The lowest BCUT2D eigenvalue weighted by atomic mass is 10.00. The van der Waals surface area contributed by atoms with Gasteiger partial charge >= 0.3 is 0 Å². The van der Waals surface area contributed by atoms with Gasteiger partial charge in [0.15, 0.2) is 0 Å². The highest BCUT2D eigenvalue weighted by Gasteiger charge is 2.17. The van der Waals surface area contributed by atoms with Crippen molar-refractivity contribution < 1.29 is 0 Å². The van der Waals surface area contributed by atoms with Crippen molar-refractivity contribution in [2.75, 3.05) is 18.4 Å². The average Bonchev–Trinajstić information content (AvgIpc) is 2.63. The predicted molar refractivity (Wildman–Crippen MR) is 76.7 cm³/mol. The number of nitrogens with zero attached hydrogens (tertiary/aromatic N) is 1. The molecule has 0 aromatic carbocycles. The van der Waals surface area contributed by atoms with Gasteiger partial charge in [-0.25, -0.2) is 0 Å². The minimum atomic E-state index is 0. The Morgan fingerprint density at radius 1 is 1.47 bits per heavy atom. The predicted octanol–water partition coefficient (Wildman–Crippen LogP) is 3.55. The van der Waals surface area contributed by atoms with Crippen LogP contribution in [0.1, 0.15) is 39.0 Å². The van der Waals surface area contributed by atoms with E-state index in [4.69, 9.17) is 0 Å². The zero-order valence-electron chi connectivity index (χ0n) is 9.47. The number of nitrogens with one attached hydrogen (secondary N) is 1. The van der Waals surface area contributed by atoms with Crippen LogP contribution in [0.3, 0.4) is 0 Å². The molecular weight excluding hydrogens is 320 g/mol. The van der Waals surface area contributed by atoms with Gasteiger partial charge in [0, 0.05) is 24.8 Å². The van der Waals surface area contributed by atoms with Crippen LogP contribution in [0.2, 0.25) is 0 Å². The molecule has 1 aliphatic heterocycles. The quantitative estimate of drug-likeness (QED) is 0.580. The molecule has 90 valence electrons. The van der Waals surface area contributed by atoms with E-state index >= 15 is 0 Å². The van der Waals surface area contributed by atoms with Gasteiger partial charge in [0.25, 0.3) is 0 Å². The summed E-state index contributed by atoms with van der Waals surface area (Å²) < 4.78 is 0. The Labute approximate surface area is 112 Å². The van der Waals surface area contributed by atoms with Gasteiger partial charge in [0.05, 0.1) is 5.84 Å². The molecule has 0 amide bonds. The van der Waals surface area contributed by atoms with Crippen molar-refractivity contribution in [3.05, 3.63) is 0 Å². The second-order valence-corrected chi connectivity index (χ2v) is 4.76. The molecule has 2 nitrogen and oxygen atoms in total. The molecule has 0 saturated carbocycles. The van der Waals surface area contributed by atoms with Gasteiger partial charge in [-0.1, -0.05) is 42.1 Å². The first-order valence-corrected chi connectivity index (χ1v) is 6.82. The Bertz CT molecular complexity index is 183. The van der Waals surface area contributed by atoms with Crippen molar-refractivity contribution in [2.24, 2.45) is 10.9 Å². The molecule has 15 heavy (non-hydrogen) atoms. The molecule has 0 aromatic heterocycles. The van der Waals surface area contributed by atoms with Crippen LogP contribution in [0.15, 0.2) is 4.99 Å². The van der Waals surface area contributed by atoms with Crippen molar-refractivity contribution in [1.82, 2.24) is 5.32 Å². The summed E-state index contributed by atoms with van der Waals surface area (Å²) in [5.41, 5.74) is 0. The Morgan fingerprint density at radius 2 is 2.27 bits per heavy atom. The van der Waals surface area contributed by atoms with E-state index in [1.165, 1.54) is 37.9 Å². The Hall–Kier alpha value is 0.430. The first-order valence-electron chi connectivity index (χ1n) is 5.70. The molecule has 1 unspecified atom stereocenters. The summed E-state index contributed by atoms with van der Waals surface area (Å²) in [7, 11) is 0. The summed E-state index contributed by atoms with van der Waals surface area (Å²) in [4.78, 5) is 4.52. The summed E-state index contributed by atoms with van der Waals surface area (Å²) in [6.07, 6.45) is 6.61. The summed E-state index contributed by atoms with van der Waals surface area (Å²) in [6.45, 7) is 4.31. The lowest BCUT2D eigenvalue weighted by Crippen LogP contribution is -2.24. The van der Waals surface area contributed by atoms with E-state index in [0.29, 0.717) is 0 Å². The third-order valence-electron chi connectivity index (χ3n) is 2.66. The van der Waals surface area contributed by atoms with Crippen molar-refractivity contribution in [3.63, 3.8) is 0 Å². The Kier molecular flexibility index (Phi) is 9.92. The fourth-order valence-electron chi connectivity index (χ4n) is 1.84. The van der Waals surface area contributed by atoms with E-state index in [-0.39, 0.29) is 17.0 Å². The molecule has 1 rings (SSSR count). The van der Waals surface area contributed by atoms with Crippen LogP contribution in [0, 0.1) is 5.92 Å². The van der Waals surface area contributed by atoms with Gasteiger partial charge in [-0.15, -0.1) is 17.0 Å². The van der Waals surface area contributed by atoms with E-state index in [2.05, 4.69) is 33.2 Å². The molecule has 1 N–H and O–H groups in total. The van der Waals surface area contributed by atoms with Gasteiger partial charge in [0.2, 0.25) is 0 Å². The van der Waals surface area contributed by atoms with E-state index in [1.54, 1.807) is 0 Å². The van der Waals surface area contributed by atoms with E-state index in [9.17, 15) is 0 Å². The molecule has 0 fully saturated rings. The van der Waals surface area contributed by atoms with Crippen LogP contribution in [-0.2, 0) is 0 Å². The molecule has 4 heteroatoms. The summed E-state index contributed by atoms with van der Waals surface area (Å²) in [5, 5.41) is 4.36. The summed E-state index contributed by atoms with van der Waals surface area (Å²) >= 11 is 3.41. The first-order chi connectivity index (χ1) is 6.86. The minimum absolute atomic E-state index is 0. The Morgan fingerprint density at radius 3 is 2.93 bits per heavy atom. The molecule has 1 atom stereocenters. The van der Waals surface area contributed by atoms with E-state index in [1.807, 2.05) is 0 Å². The van der Waals surface area contributed by atoms with E-state index < -0.39 is 0 Å². The molecule has 0 aromatic rings. The van der Waals surface area contributed by atoms with Crippen LogP contribution in [0.5, 0.6) is 0 Å². The number of alkyl halides is 1. The van der Waals surface area contributed by atoms with Crippen molar-refractivity contribution in [3.8, 4) is 0 Å². The monoisotopic (exact) mass is 340 g/mol. The maximum absolute atomic E-state index is 4.52. The van der Waals surface area contributed by atoms with Crippen LogP contribution in [0.25, 0.3) is 0 Å². The second-order valence-electron chi connectivity index (χ2n) is 3.97. The van der Waals surface area contributed by atoms with Gasteiger partial charge in [-0.05, 0) is 12.3 Å². The van der Waals surface area contributed by atoms with Crippen molar-refractivity contribution in [2.45, 2.75) is 39.0 Å². The standard InChI is InChI=1S/C11H21BrN2.BrH/c1-2-3-4-5-10-8-11(14-9-10)13-7-6-12;/h10H,2-9H2,1H3,(H,13,14);1H. The van der Waals surface area contributed by atoms with Crippen LogP contribution in [-0.4, -0.2) is 24.3 Å². The number of amidine groups is 1. The molecule has 0 bridgehead atoms. The summed E-state index contributed by atoms with van der Waals surface area (Å²) in [5.74, 6) is 2.05. The molecule has 1 heterocycles. The first kappa shape index (κ1) is 15.4. The lowest BCUT2D eigenvalue weighted by molar-refractivity contribution is 0.501. The highest BCUT2D eigenvalue weighted by Crippen LogP contribution is 2.19. The number of hydrogen-bond acceptors (Lipinski definition) is 2. The molecule has 0 saturated heterocycles. The topological polar surface area (TPSA) is 24.4 Å². The lowest BCUT2D eigenvalue weighted by Gasteiger charge is -2.08. The molecule has 0 radical (unpaired) electrons. The number of aliphatic imine (C=N–C) groups is 1. The number of hydrogen-bond donors (Lipinski definition) is 1. The zero-order valence-corrected chi connectivity index (χ0v) is 12.8. The van der Waals surface area contributed by atoms with Gasteiger partial charge in [-0.3, -0.25) is 4.99 Å². The fourth-order valence-corrected chi connectivity index (χ4v) is 2.04. The van der Waals surface area contributed by atoms with Crippen LogP contribution >= 0.6 is 32.9 Å². The SMILES string of the molecule is Br.CCCCCC1CN=C(NCCBr)C1. The van der Waals surface area contributed by atoms with Crippen LogP contribution < -0.4 is 5.32 Å². The maximum atomic E-state index is 4.52. The molecule has 0 aliphatic carbocycles. The van der Waals surface area contributed by atoms with Gasteiger partial charge < -0.3 is 5.32 Å². The fraction of sp³-hybridized carbons (Fsp3) is 0.909. The normalized spacial score (nSPS) is 19.6. The van der Waals surface area contributed by atoms with Crippen LogP contribution in [0.4, 0.5) is 0 Å². The van der Waals surface area contributed by atoms with Gasteiger partial charge in [0.1, 0.15) is 0 Å². The molecule has 1 aliphatic rings. The third kappa shape index (κ3) is 6.56. The largest absolute Gasteiger partial charge is 0.373 e. The summed E-state index contributed by atoms with van der Waals surface area (Å²) in [6, 6.07) is 0. The highest BCUT2D eigenvalue weighted by molar-refractivity contribution is 9.09. The van der Waals surface area contributed by atoms with Crippen molar-refractivity contribution in [1.29, 1.82) is 0 Å². The highest BCUT2D eigenvalue weighted by atomic mass is 79.9. The Balaban J connectivity index is 0.00000196. The van der Waals surface area contributed by atoms with Crippen molar-refractivity contribution >= 4 is 38.7 Å². The zero-order chi connectivity index (χ0) is 10.2. The number of unbranched alkanes of at least 4 members (excludes halogenated alkanes) is 2. The maximum Gasteiger partial charge on any atom is 0.0966 e. The smallest absolute Gasteiger partial charge is 0.0966 e.